The zero-order chi connectivity index (χ0) is 21.6. The third kappa shape index (κ3) is 3.80. The lowest BCUT2D eigenvalue weighted by molar-refractivity contribution is 0.220. The monoisotopic (exact) mass is 391 g/mol. The first-order chi connectivity index (χ1) is 13.4. The molecular formula is C26H37N3. The summed E-state index contributed by atoms with van der Waals surface area (Å²) in [6.07, 6.45) is 4.25. The first-order valence-corrected chi connectivity index (χ1v) is 10.8. The van der Waals surface area contributed by atoms with Crippen LogP contribution in [0.2, 0.25) is 0 Å². The van der Waals surface area contributed by atoms with Gasteiger partial charge in [0.15, 0.2) is 5.82 Å². The second-order valence-corrected chi connectivity index (χ2v) is 10.4. The smallest absolute Gasteiger partial charge is 0.161 e. The minimum absolute atomic E-state index is 0.0651. The first kappa shape index (κ1) is 21.4. The standard InChI is InChI=1S/C26H37N3/c1-17(2)19-12-10-13-20(18(3)4)23(19)29-16-22(26(8,9)25(5,6)7)28-24(29)21-14-11-15-27-21/h10-18,27H,1-9H3. The zero-order valence-corrected chi connectivity index (χ0v) is 19.6. The van der Waals surface area contributed by atoms with Crippen LogP contribution < -0.4 is 0 Å². The van der Waals surface area contributed by atoms with Gasteiger partial charge in [-0.05, 0) is 40.5 Å². The molecule has 0 spiro atoms. The Balaban J connectivity index is 2.36. The second kappa shape index (κ2) is 7.51. The molecule has 3 rings (SSSR count). The maximum absolute atomic E-state index is 5.20. The predicted octanol–water partition coefficient (Wildman–Crippen LogP) is 7.44. The molecule has 0 fully saturated rings. The molecule has 2 aromatic heterocycles. The molecule has 3 heteroatoms. The molecule has 0 saturated heterocycles. The van der Waals surface area contributed by atoms with E-state index in [1.807, 2.05) is 12.3 Å². The highest BCUT2D eigenvalue weighted by atomic mass is 15.1. The Labute approximate surface area is 176 Å². The van der Waals surface area contributed by atoms with E-state index < -0.39 is 0 Å². The number of imidazole rings is 1. The van der Waals surface area contributed by atoms with Crippen LogP contribution in [0.3, 0.4) is 0 Å². The number of para-hydroxylation sites is 1. The van der Waals surface area contributed by atoms with Crippen molar-refractivity contribution >= 4 is 0 Å². The van der Waals surface area contributed by atoms with Gasteiger partial charge in [0.1, 0.15) is 0 Å². The SMILES string of the molecule is CC(C)c1cccc(C(C)C)c1-n1cc(C(C)(C)C(C)(C)C)nc1-c1ccc[nH]1. The number of hydrogen-bond donors (Lipinski definition) is 1. The van der Waals surface area contributed by atoms with Crippen molar-refractivity contribution in [2.75, 3.05) is 0 Å². The van der Waals surface area contributed by atoms with Gasteiger partial charge in [0, 0.05) is 17.8 Å². The molecule has 0 radical (unpaired) electrons. The number of nitrogens with one attached hydrogen (secondary N) is 1. The lowest BCUT2D eigenvalue weighted by Crippen LogP contribution is -2.34. The number of aromatic amines is 1. The molecular weight excluding hydrogens is 354 g/mol. The molecule has 0 aliphatic rings. The number of benzene rings is 1. The van der Waals surface area contributed by atoms with Crippen LogP contribution in [0.1, 0.15) is 91.0 Å². The summed E-state index contributed by atoms with van der Waals surface area (Å²) in [4.78, 5) is 8.58. The van der Waals surface area contributed by atoms with Gasteiger partial charge < -0.3 is 4.98 Å². The minimum atomic E-state index is -0.0651. The fourth-order valence-corrected chi connectivity index (χ4v) is 3.69. The van der Waals surface area contributed by atoms with Gasteiger partial charge in [0.2, 0.25) is 0 Å². The van der Waals surface area contributed by atoms with Crippen molar-refractivity contribution in [3.63, 3.8) is 0 Å². The van der Waals surface area contributed by atoms with Crippen molar-refractivity contribution in [3.8, 4) is 17.2 Å². The summed E-state index contributed by atoms with van der Waals surface area (Å²) in [6, 6.07) is 10.9. The van der Waals surface area contributed by atoms with Crippen molar-refractivity contribution in [2.24, 2.45) is 5.41 Å². The largest absolute Gasteiger partial charge is 0.359 e. The lowest BCUT2D eigenvalue weighted by Gasteiger charge is -2.37. The lowest BCUT2D eigenvalue weighted by atomic mass is 9.67. The second-order valence-electron chi connectivity index (χ2n) is 10.4. The van der Waals surface area contributed by atoms with Gasteiger partial charge in [-0.15, -0.1) is 0 Å². The average Bonchev–Trinajstić information content (AvgIpc) is 3.29. The van der Waals surface area contributed by atoms with E-state index >= 15 is 0 Å². The molecule has 0 atom stereocenters. The first-order valence-electron chi connectivity index (χ1n) is 10.8. The van der Waals surface area contributed by atoms with Crippen molar-refractivity contribution in [1.29, 1.82) is 0 Å². The Morgan fingerprint density at radius 1 is 0.862 bits per heavy atom. The highest BCUT2D eigenvalue weighted by Crippen LogP contribution is 2.42. The maximum Gasteiger partial charge on any atom is 0.161 e. The molecule has 0 aliphatic carbocycles. The Bertz CT molecular complexity index is 938. The third-order valence-corrected chi connectivity index (χ3v) is 6.64. The molecule has 0 saturated carbocycles. The number of nitrogens with zero attached hydrogens (tertiary/aromatic N) is 2. The molecule has 1 aromatic carbocycles. The number of aromatic nitrogens is 3. The van der Waals surface area contributed by atoms with Crippen LogP contribution in [-0.2, 0) is 5.41 Å². The van der Waals surface area contributed by atoms with E-state index in [2.05, 4.69) is 102 Å². The molecule has 3 nitrogen and oxygen atoms in total. The van der Waals surface area contributed by atoms with Crippen LogP contribution >= 0.6 is 0 Å². The fourth-order valence-electron chi connectivity index (χ4n) is 3.69. The van der Waals surface area contributed by atoms with Gasteiger partial charge in [-0.25, -0.2) is 4.98 Å². The van der Waals surface area contributed by atoms with E-state index in [-0.39, 0.29) is 10.8 Å². The molecule has 1 N–H and O–H groups in total. The highest BCUT2D eigenvalue weighted by Gasteiger charge is 2.37. The van der Waals surface area contributed by atoms with Crippen LogP contribution in [0.4, 0.5) is 0 Å². The van der Waals surface area contributed by atoms with E-state index in [1.165, 1.54) is 16.8 Å². The van der Waals surface area contributed by atoms with Gasteiger partial charge in [-0.1, -0.05) is 80.5 Å². The molecule has 156 valence electrons. The zero-order valence-electron chi connectivity index (χ0n) is 19.6. The van der Waals surface area contributed by atoms with Crippen LogP contribution in [0.5, 0.6) is 0 Å². The van der Waals surface area contributed by atoms with E-state index in [0.717, 1.165) is 17.2 Å². The molecule has 29 heavy (non-hydrogen) atoms. The maximum atomic E-state index is 5.20. The average molecular weight is 392 g/mol. The Kier molecular flexibility index (Phi) is 5.55. The quantitative estimate of drug-likeness (QED) is 0.482. The number of hydrogen-bond acceptors (Lipinski definition) is 1. The van der Waals surface area contributed by atoms with Crippen LogP contribution in [0.25, 0.3) is 17.2 Å². The van der Waals surface area contributed by atoms with Gasteiger partial charge in [-0.3, -0.25) is 4.57 Å². The van der Waals surface area contributed by atoms with E-state index in [0.29, 0.717) is 11.8 Å². The summed E-state index contributed by atoms with van der Waals surface area (Å²) in [5.41, 5.74) is 6.22. The molecule has 0 bridgehead atoms. The Hall–Kier alpha value is -2.29. The van der Waals surface area contributed by atoms with Gasteiger partial charge in [0.05, 0.1) is 17.1 Å². The third-order valence-electron chi connectivity index (χ3n) is 6.64. The van der Waals surface area contributed by atoms with E-state index in [9.17, 15) is 0 Å². The van der Waals surface area contributed by atoms with Crippen LogP contribution in [0, 0.1) is 5.41 Å². The molecule has 3 aromatic rings. The number of H-pyrrole nitrogens is 1. The predicted molar refractivity (Wildman–Crippen MR) is 124 cm³/mol. The van der Waals surface area contributed by atoms with Gasteiger partial charge in [0.25, 0.3) is 0 Å². The van der Waals surface area contributed by atoms with Crippen LogP contribution in [-0.4, -0.2) is 14.5 Å². The molecule has 0 aliphatic heterocycles. The molecule has 0 unspecified atom stereocenters. The summed E-state index contributed by atoms with van der Waals surface area (Å²) >= 11 is 0. The minimum Gasteiger partial charge on any atom is -0.359 e. The summed E-state index contributed by atoms with van der Waals surface area (Å²) < 4.78 is 2.33. The van der Waals surface area contributed by atoms with Gasteiger partial charge in [-0.2, -0.15) is 0 Å². The summed E-state index contributed by atoms with van der Waals surface area (Å²) in [5.74, 6) is 1.85. The molecule has 0 amide bonds. The molecule has 2 heterocycles. The topological polar surface area (TPSA) is 33.6 Å². The Morgan fingerprint density at radius 3 is 1.90 bits per heavy atom. The van der Waals surface area contributed by atoms with E-state index in [1.54, 1.807) is 0 Å². The highest BCUT2D eigenvalue weighted by molar-refractivity contribution is 5.61. The summed E-state index contributed by atoms with van der Waals surface area (Å²) in [7, 11) is 0. The summed E-state index contributed by atoms with van der Waals surface area (Å²) in [6.45, 7) is 20.6. The van der Waals surface area contributed by atoms with Crippen molar-refractivity contribution < 1.29 is 0 Å². The fraction of sp³-hybridized carbons (Fsp3) is 0.500. The van der Waals surface area contributed by atoms with Crippen LogP contribution in [0.15, 0.2) is 42.7 Å². The normalized spacial score (nSPS) is 12.9. The van der Waals surface area contributed by atoms with Crippen molar-refractivity contribution in [3.05, 3.63) is 59.5 Å². The van der Waals surface area contributed by atoms with Crippen molar-refractivity contribution in [1.82, 2.24) is 14.5 Å². The summed E-state index contributed by atoms with van der Waals surface area (Å²) in [5, 5.41) is 0. The van der Waals surface area contributed by atoms with E-state index in [4.69, 9.17) is 4.98 Å². The van der Waals surface area contributed by atoms with Gasteiger partial charge >= 0.3 is 0 Å². The number of rotatable bonds is 5. The Morgan fingerprint density at radius 2 is 1.45 bits per heavy atom. The van der Waals surface area contributed by atoms with Crippen molar-refractivity contribution in [2.45, 2.75) is 79.6 Å².